The lowest BCUT2D eigenvalue weighted by molar-refractivity contribution is -0.849. The van der Waals surface area contributed by atoms with Gasteiger partial charge in [0.15, 0.2) is 17.5 Å². The van der Waals surface area contributed by atoms with E-state index in [0.29, 0.717) is 0 Å². The van der Waals surface area contributed by atoms with Crippen LogP contribution in [0.3, 0.4) is 0 Å². The summed E-state index contributed by atoms with van der Waals surface area (Å²) in [6.45, 7) is 0. The predicted octanol–water partition coefficient (Wildman–Crippen LogP) is 1.24. The summed E-state index contributed by atoms with van der Waals surface area (Å²) in [5.74, 6) is -2.48. The van der Waals surface area contributed by atoms with Gasteiger partial charge >= 0.3 is 0 Å². The number of hydrogen-bond donors (Lipinski definition) is 0. The summed E-state index contributed by atoms with van der Waals surface area (Å²) in [5.41, 5.74) is 0. The van der Waals surface area contributed by atoms with E-state index in [1.165, 1.54) is 67.8 Å². The van der Waals surface area contributed by atoms with Crippen molar-refractivity contribution in [1.29, 1.82) is 0 Å². The van der Waals surface area contributed by atoms with E-state index in [1.807, 2.05) is 0 Å². The van der Waals surface area contributed by atoms with Crippen LogP contribution in [-0.4, -0.2) is 32.7 Å². The molecule has 0 aromatic heterocycles. The third-order valence-electron chi connectivity index (χ3n) is 1.16. The Kier molecular flexibility index (Phi) is 11.1. The molecule has 0 radical (unpaired) electrons. The highest BCUT2D eigenvalue weighted by Crippen LogP contribution is 2.28. The molecule has 0 amide bonds. The first-order valence-corrected chi connectivity index (χ1v) is 7.66. The van der Waals surface area contributed by atoms with Crippen molar-refractivity contribution in [3.63, 3.8) is 0 Å². The Hall–Kier alpha value is 1.89. The fourth-order valence-electron chi connectivity index (χ4n) is 0.578. The van der Waals surface area contributed by atoms with Crippen molar-refractivity contribution >= 4 is 67.8 Å². The van der Waals surface area contributed by atoms with E-state index >= 15 is 0 Å². The van der Waals surface area contributed by atoms with Crippen molar-refractivity contribution in [2.75, 3.05) is 28.2 Å². The number of rotatable bonds is 0. The third kappa shape index (κ3) is 7.61. The van der Waals surface area contributed by atoms with Crippen LogP contribution in [0.15, 0.2) is 0 Å². The maximum absolute atomic E-state index is 12.9. The van der Waals surface area contributed by atoms with Gasteiger partial charge in [0.1, 0.15) is 0 Å². The highest BCUT2D eigenvalue weighted by molar-refractivity contribution is 14.1. The van der Waals surface area contributed by atoms with Gasteiger partial charge in [0.05, 0.1) is 38.9 Å². The first-order valence-electron chi connectivity index (χ1n) is 4.42. The molecule has 0 saturated heterocycles. The van der Waals surface area contributed by atoms with Gasteiger partial charge in [-0.15, -0.1) is 0 Å². The number of hydrogen-bond acceptors (Lipinski definition) is 0. The fourth-order valence-corrected chi connectivity index (χ4v) is 3.74. The summed E-state index contributed by atoms with van der Waals surface area (Å²) in [6.07, 6.45) is 0. The maximum Gasteiger partial charge on any atom is 0.155 e. The quantitative estimate of drug-likeness (QED) is 0.165. The molecule has 0 bridgehead atoms. The Morgan fingerprint density at radius 1 is 0.667 bits per heavy atom. The van der Waals surface area contributed by atoms with Crippen LogP contribution >= 0.6 is 67.8 Å². The summed E-state index contributed by atoms with van der Waals surface area (Å²) in [7, 11) is 8.50. The van der Waals surface area contributed by atoms with Gasteiger partial charge in [-0.25, -0.2) is 13.2 Å². The van der Waals surface area contributed by atoms with Crippen LogP contribution in [0.4, 0.5) is 13.2 Å². The normalized spacial score (nSPS) is 10.3. The van der Waals surface area contributed by atoms with E-state index < -0.39 is 17.5 Å². The predicted molar refractivity (Wildman–Crippen MR) is 88.4 cm³/mol. The highest BCUT2D eigenvalue weighted by Gasteiger charge is 2.19. The molecule has 0 saturated carbocycles. The van der Waals surface area contributed by atoms with Crippen LogP contribution in [0.5, 0.6) is 0 Å². The second kappa shape index (κ2) is 9.02. The molecule has 0 heterocycles. The minimum Gasteiger partial charge on any atom is -1.00 e. The van der Waals surface area contributed by atoms with Crippen LogP contribution in [0.2, 0.25) is 0 Å². The Bertz CT molecular complexity index is 308. The summed E-state index contributed by atoms with van der Waals surface area (Å²) < 4.78 is 39.3. The lowest BCUT2D eigenvalue weighted by Gasteiger charge is -2.14. The Labute approximate surface area is 163 Å². The van der Waals surface area contributed by atoms with Gasteiger partial charge in [-0.05, 0) is 67.8 Å². The zero-order valence-electron chi connectivity index (χ0n) is 10.1. The van der Waals surface area contributed by atoms with Crippen molar-refractivity contribution in [3.05, 3.63) is 28.2 Å². The maximum atomic E-state index is 12.9. The van der Waals surface area contributed by atoms with Crippen LogP contribution in [0, 0.1) is 28.2 Å². The average molecular weight is 711 g/mol. The Balaban J connectivity index is 0. The molecule has 18 heavy (non-hydrogen) atoms. The summed E-state index contributed by atoms with van der Waals surface area (Å²) in [6, 6.07) is 0. The molecule has 8 heteroatoms. The topological polar surface area (TPSA) is 0 Å². The molecule has 0 unspecified atom stereocenters. The third-order valence-corrected chi connectivity index (χ3v) is 4.00. The van der Waals surface area contributed by atoms with E-state index in [4.69, 9.17) is 0 Å². The molecule has 1 nitrogen and oxygen atoms in total. The number of halogens is 7. The molecule has 0 N–H and O–H groups in total. The second-order valence-electron chi connectivity index (χ2n) is 4.57. The van der Waals surface area contributed by atoms with E-state index in [1.54, 1.807) is 0 Å². The van der Waals surface area contributed by atoms with E-state index in [0.717, 1.165) is 4.48 Å². The van der Waals surface area contributed by atoms with E-state index in [-0.39, 0.29) is 34.7 Å². The van der Waals surface area contributed by atoms with E-state index in [9.17, 15) is 13.2 Å². The summed E-state index contributed by atoms with van der Waals surface area (Å²) in [5, 5.41) is 0. The van der Waals surface area contributed by atoms with Crippen molar-refractivity contribution in [2.45, 2.75) is 0 Å². The lowest BCUT2D eigenvalue weighted by Crippen LogP contribution is -3.00. The largest absolute Gasteiger partial charge is 1.00 e. The van der Waals surface area contributed by atoms with Crippen LogP contribution in [-0.2, 0) is 0 Å². The van der Waals surface area contributed by atoms with Crippen LogP contribution in [0.25, 0.3) is 0 Å². The molecule has 0 aliphatic heterocycles. The fraction of sp³-hybridized carbons (Fsp3) is 0.400. The van der Waals surface area contributed by atoms with Gasteiger partial charge in [-0.1, -0.05) is 0 Å². The molecule has 0 atom stereocenters. The minimum absolute atomic E-state index is 0. The van der Waals surface area contributed by atoms with Gasteiger partial charge in [0.2, 0.25) is 0 Å². The standard InChI is InChI=1S/C6F3I3.C4H12N.HI/c7-1-4(10)2(8)6(12)3(9)5(1)11;1-5(2,3)4;/h;1-4H3;1H/q;+1;/p-1. The molecular formula is C10H12F3I4N. The molecular weight excluding hydrogens is 699 g/mol. The molecule has 0 fully saturated rings. The van der Waals surface area contributed by atoms with Gasteiger partial charge < -0.3 is 28.5 Å². The molecule has 0 aliphatic carbocycles. The SMILES string of the molecule is C[N+](C)(C)C.Fc1c(I)c(F)c(I)c(F)c1I.[I-]. The van der Waals surface area contributed by atoms with Gasteiger partial charge in [0.25, 0.3) is 0 Å². The van der Waals surface area contributed by atoms with Crippen molar-refractivity contribution in [1.82, 2.24) is 0 Å². The average Bonchev–Trinajstić information content (AvgIpc) is 2.18. The smallest absolute Gasteiger partial charge is 0.155 e. The minimum atomic E-state index is -0.827. The molecule has 0 aliphatic rings. The number of quaternary nitrogens is 1. The zero-order chi connectivity index (χ0) is 14.0. The number of benzene rings is 1. The highest BCUT2D eigenvalue weighted by atomic mass is 127. The van der Waals surface area contributed by atoms with Gasteiger partial charge in [0, 0.05) is 0 Å². The molecule has 106 valence electrons. The molecule has 0 spiro atoms. The van der Waals surface area contributed by atoms with Crippen molar-refractivity contribution in [2.24, 2.45) is 0 Å². The molecule has 1 aromatic carbocycles. The van der Waals surface area contributed by atoms with E-state index in [2.05, 4.69) is 28.2 Å². The second-order valence-corrected chi connectivity index (χ2v) is 7.80. The van der Waals surface area contributed by atoms with Crippen molar-refractivity contribution in [3.8, 4) is 0 Å². The summed E-state index contributed by atoms with van der Waals surface area (Å²) >= 11 is 4.53. The van der Waals surface area contributed by atoms with Crippen LogP contribution in [0.1, 0.15) is 0 Å². The zero-order valence-corrected chi connectivity index (χ0v) is 18.7. The molecule has 1 aromatic rings. The number of nitrogens with zero attached hydrogens (tertiary/aromatic N) is 1. The Morgan fingerprint density at radius 3 is 0.889 bits per heavy atom. The lowest BCUT2D eigenvalue weighted by atomic mass is 10.3. The monoisotopic (exact) mass is 711 g/mol. The van der Waals surface area contributed by atoms with Gasteiger partial charge in [-0.2, -0.15) is 0 Å². The Morgan fingerprint density at radius 2 is 0.778 bits per heavy atom. The first-order chi connectivity index (χ1) is 7.46. The van der Waals surface area contributed by atoms with Gasteiger partial charge in [-0.3, -0.25) is 0 Å². The van der Waals surface area contributed by atoms with Crippen molar-refractivity contribution < 1.29 is 41.6 Å². The first kappa shape index (κ1) is 22.2. The summed E-state index contributed by atoms with van der Waals surface area (Å²) in [4.78, 5) is 0. The van der Waals surface area contributed by atoms with Crippen LogP contribution < -0.4 is 24.0 Å². The molecule has 1 rings (SSSR count).